The predicted octanol–water partition coefficient (Wildman–Crippen LogP) is 3.69. The molecule has 1 N–H and O–H groups in total. The zero-order valence-electron chi connectivity index (χ0n) is 14.2. The number of nitrogens with one attached hydrogen (secondary N) is 1. The lowest BCUT2D eigenvalue weighted by atomic mass is 10.1. The molecule has 1 fully saturated rings. The maximum absolute atomic E-state index is 11.8. The fourth-order valence-corrected chi connectivity index (χ4v) is 2.39. The van der Waals surface area contributed by atoms with E-state index in [1.54, 1.807) is 0 Å². The number of carbonyl (C=O) groups excluding carboxylic acids is 1. The van der Waals surface area contributed by atoms with Crippen LogP contribution in [0.25, 0.3) is 0 Å². The average molecular weight is 290 g/mol. The highest BCUT2D eigenvalue weighted by molar-refractivity contribution is 5.82. The summed E-state index contributed by atoms with van der Waals surface area (Å²) in [5.74, 6) is 0.168. The van der Waals surface area contributed by atoms with Crippen molar-refractivity contribution in [2.45, 2.75) is 59.9 Å². The van der Waals surface area contributed by atoms with Crippen LogP contribution in [0.2, 0.25) is 0 Å². The molecule has 0 spiro atoms. The summed E-state index contributed by atoms with van der Waals surface area (Å²) in [5.41, 5.74) is 3.88. The predicted molar refractivity (Wildman–Crippen MR) is 91.0 cm³/mol. The molecule has 0 aromatic heterocycles. The lowest BCUT2D eigenvalue weighted by Gasteiger charge is -2.19. The van der Waals surface area contributed by atoms with Gasteiger partial charge in [-0.25, -0.2) is 0 Å². The van der Waals surface area contributed by atoms with Gasteiger partial charge >= 0.3 is 0 Å². The van der Waals surface area contributed by atoms with E-state index >= 15 is 0 Å². The largest absolute Gasteiger partial charge is 0.362 e. The van der Waals surface area contributed by atoms with E-state index in [2.05, 4.69) is 35.3 Å². The number of rotatable bonds is 3. The molecule has 1 amide bonds. The fraction of sp³-hybridized carbons (Fsp3) is 0.611. The summed E-state index contributed by atoms with van der Waals surface area (Å²) in [5, 5.41) is 3.05. The van der Waals surface area contributed by atoms with Crippen LogP contribution >= 0.6 is 0 Å². The van der Waals surface area contributed by atoms with Gasteiger partial charge in [0.1, 0.15) is 0 Å². The molecule has 1 saturated carbocycles. The molecule has 3 nitrogen and oxygen atoms in total. The molecule has 0 radical (unpaired) electrons. The summed E-state index contributed by atoms with van der Waals surface area (Å²) >= 11 is 0. The molecule has 3 rings (SSSR count). The molecule has 2 aliphatic rings. The topological polar surface area (TPSA) is 32.3 Å². The molecule has 0 atom stereocenters. The molecule has 118 valence electrons. The number of benzene rings is 1. The van der Waals surface area contributed by atoms with Gasteiger partial charge in [0.15, 0.2) is 0 Å². The van der Waals surface area contributed by atoms with Crippen LogP contribution in [0.3, 0.4) is 0 Å². The minimum absolute atomic E-state index is 0.168. The van der Waals surface area contributed by atoms with Crippen LogP contribution in [-0.2, 0) is 11.2 Å². The van der Waals surface area contributed by atoms with Crippen molar-refractivity contribution in [1.29, 1.82) is 0 Å². The Morgan fingerprint density at radius 3 is 2.52 bits per heavy atom. The fourth-order valence-electron chi connectivity index (χ4n) is 2.39. The van der Waals surface area contributed by atoms with Crippen LogP contribution in [0, 0.1) is 6.92 Å². The number of amides is 1. The van der Waals surface area contributed by atoms with Gasteiger partial charge in [-0.3, -0.25) is 4.79 Å². The number of carbonyl (C=O) groups is 1. The first-order chi connectivity index (χ1) is 10.2. The van der Waals surface area contributed by atoms with Gasteiger partial charge in [-0.15, -0.1) is 0 Å². The van der Waals surface area contributed by atoms with Crippen molar-refractivity contribution in [3.63, 3.8) is 0 Å². The van der Waals surface area contributed by atoms with Crippen LogP contribution in [0.5, 0.6) is 0 Å². The zero-order chi connectivity index (χ0) is 15.8. The first kappa shape index (κ1) is 17.5. The van der Waals surface area contributed by atoms with Crippen LogP contribution in [0.4, 0.5) is 5.69 Å². The molecule has 1 aromatic carbocycles. The second-order valence-corrected chi connectivity index (χ2v) is 5.15. The number of hydrogen-bond acceptors (Lipinski definition) is 2. The van der Waals surface area contributed by atoms with Crippen molar-refractivity contribution in [3.05, 3.63) is 29.3 Å². The standard InChI is InChI=1S/C14H18N2O.2C2H6/c1-10-2-3-11-6-7-16(13(11)8-10)9-14(17)15-12-4-5-12;2*1-2/h2-3,8,12H,4-7,9H2,1H3,(H,15,17);2*1-2H3. The SMILES string of the molecule is CC.CC.Cc1ccc2c(c1)N(CC(=O)NC1CC1)CC2. The lowest BCUT2D eigenvalue weighted by molar-refractivity contribution is -0.119. The first-order valence-corrected chi connectivity index (χ1v) is 8.36. The summed E-state index contributed by atoms with van der Waals surface area (Å²) in [6.45, 7) is 11.6. The molecule has 1 heterocycles. The van der Waals surface area contributed by atoms with Crippen molar-refractivity contribution >= 4 is 11.6 Å². The molecule has 1 aromatic rings. The van der Waals surface area contributed by atoms with E-state index in [0.717, 1.165) is 25.8 Å². The summed E-state index contributed by atoms with van der Waals surface area (Å²) in [4.78, 5) is 14.0. The minimum Gasteiger partial charge on any atom is -0.362 e. The van der Waals surface area contributed by atoms with E-state index in [1.807, 2.05) is 27.7 Å². The third-order valence-electron chi connectivity index (χ3n) is 3.51. The molecule has 3 heteroatoms. The van der Waals surface area contributed by atoms with Crippen LogP contribution in [0.1, 0.15) is 51.7 Å². The quantitative estimate of drug-likeness (QED) is 0.921. The van der Waals surface area contributed by atoms with Crippen molar-refractivity contribution in [2.75, 3.05) is 18.0 Å². The molecular formula is C18H30N2O. The minimum atomic E-state index is 0.168. The number of anilines is 1. The van der Waals surface area contributed by atoms with Gasteiger partial charge in [0.2, 0.25) is 5.91 Å². The van der Waals surface area contributed by atoms with E-state index in [1.165, 1.54) is 16.8 Å². The van der Waals surface area contributed by atoms with Crippen molar-refractivity contribution in [3.8, 4) is 0 Å². The average Bonchev–Trinajstić information content (AvgIpc) is 3.24. The monoisotopic (exact) mass is 290 g/mol. The van der Waals surface area contributed by atoms with Gasteiger partial charge in [0.25, 0.3) is 0 Å². The Kier molecular flexibility index (Phi) is 7.27. The van der Waals surface area contributed by atoms with Gasteiger partial charge in [-0.2, -0.15) is 0 Å². The molecule has 0 saturated heterocycles. The molecule has 0 bridgehead atoms. The Hall–Kier alpha value is -1.51. The Bertz CT molecular complexity index is 453. The Balaban J connectivity index is 0.000000510. The van der Waals surface area contributed by atoms with Gasteiger partial charge < -0.3 is 10.2 Å². The Labute approximate surface area is 129 Å². The highest BCUT2D eigenvalue weighted by Gasteiger charge is 2.26. The van der Waals surface area contributed by atoms with Gasteiger partial charge in [-0.1, -0.05) is 39.8 Å². The highest BCUT2D eigenvalue weighted by atomic mass is 16.2. The summed E-state index contributed by atoms with van der Waals surface area (Å²) in [6, 6.07) is 6.98. The van der Waals surface area contributed by atoms with Crippen molar-refractivity contribution in [1.82, 2.24) is 5.32 Å². The van der Waals surface area contributed by atoms with Gasteiger partial charge in [0.05, 0.1) is 6.54 Å². The smallest absolute Gasteiger partial charge is 0.239 e. The number of nitrogens with zero attached hydrogens (tertiary/aromatic N) is 1. The zero-order valence-corrected chi connectivity index (χ0v) is 14.2. The van der Waals surface area contributed by atoms with E-state index in [4.69, 9.17) is 0 Å². The molecular weight excluding hydrogens is 260 g/mol. The summed E-state index contributed by atoms with van der Waals surface area (Å²) in [7, 11) is 0. The van der Waals surface area contributed by atoms with Crippen molar-refractivity contribution < 1.29 is 4.79 Å². The normalized spacial score (nSPS) is 15.2. The number of hydrogen-bond donors (Lipinski definition) is 1. The number of fused-ring (bicyclic) bond motifs is 1. The Morgan fingerprint density at radius 1 is 1.24 bits per heavy atom. The maximum Gasteiger partial charge on any atom is 0.239 e. The summed E-state index contributed by atoms with van der Waals surface area (Å²) < 4.78 is 0. The van der Waals surface area contributed by atoms with E-state index in [0.29, 0.717) is 12.6 Å². The molecule has 1 aliphatic heterocycles. The Morgan fingerprint density at radius 2 is 1.90 bits per heavy atom. The lowest BCUT2D eigenvalue weighted by Crippen LogP contribution is -2.37. The van der Waals surface area contributed by atoms with Crippen molar-refractivity contribution in [2.24, 2.45) is 0 Å². The van der Waals surface area contributed by atoms with E-state index in [-0.39, 0.29) is 5.91 Å². The van der Waals surface area contributed by atoms with Crippen LogP contribution < -0.4 is 10.2 Å². The highest BCUT2D eigenvalue weighted by Crippen LogP contribution is 2.28. The molecule has 1 aliphatic carbocycles. The van der Waals surface area contributed by atoms with Gasteiger partial charge in [0, 0.05) is 18.3 Å². The maximum atomic E-state index is 11.8. The second-order valence-electron chi connectivity index (χ2n) is 5.15. The van der Waals surface area contributed by atoms with E-state index < -0.39 is 0 Å². The molecule has 21 heavy (non-hydrogen) atoms. The molecule has 0 unspecified atom stereocenters. The third-order valence-corrected chi connectivity index (χ3v) is 3.51. The van der Waals surface area contributed by atoms with Crippen LogP contribution in [0.15, 0.2) is 18.2 Å². The second kappa shape index (κ2) is 8.71. The van der Waals surface area contributed by atoms with Gasteiger partial charge in [-0.05, 0) is 43.4 Å². The third kappa shape index (κ3) is 5.07. The summed E-state index contributed by atoms with van der Waals surface area (Å²) in [6.07, 6.45) is 3.37. The van der Waals surface area contributed by atoms with Crippen LogP contribution in [-0.4, -0.2) is 25.0 Å². The number of aryl methyl sites for hydroxylation is 1. The van der Waals surface area contributed by atoms with E-state index in [9.17, 15) is 4.79 Å². The first-order valence-electron chi connectivity index (χ1n) is 8.36.